The molecule has 2 aliphatic heterocycles. The SMILES string of the molecule is CCOC(=O)/C(CC=O)=C1/CCOC(CC)C1.CCOC(=O)[C@H](CC=O)[C@H]1CCO[C@H](CC)C1. The minimum Gasteiger partial charge on any atom is -0.466 e. The predicted octanol–water partition coefficient (Wildman–Crippen LogP) is 3.98. The zero-order chi connectivity index (χ0) is 25.3. The number of hydrogen-bond acceptors (Lipinski definition) is 8. The average Bonchev–Trinajstić information content (AvgIpc) is 2.86. The molecule has 0 saturated carbocycles. The second-order valence-electron chi connectivity index (χ2n) is 8.47. The molecule has 1 unspecified atom stereocenters. The topological polar surface area (TPSA) is 105 Å². The standard InChI is InChI=1S/C13H22O4.C13H20O4/c2*1-3-11-9-10(6-8-17-11)12(5-7-14)13(15)16-4-2/h7,10-12H,3-6,8-9H2,1-2H3;7,11H,3-6,8-9H2,1-2H3/b;12-10-/t10-,11+,12+;/m0./s1. The highest BCUT2D eigenvalue weighted by Gasteiger charge is 2.33. The van der Waals surface area contributed by atoms with Crippen molar-refractivity contribution in [2.45, 2.75) is 91.3 Å². The second kappa shape index (κ2) is 17.4. The molecule has 0 aromatic carbocycles. The molecule has 0 aliphatic carbocycles. The first-order valence-corrected chi connectivity index (χ1v) is 12.6. The van der Waals surface area contributed by atoms with Crippen molar-refractivity contribution < 1.29 is 38.1 Å². The minimum absolute atomic E-state index is 0.143. The Labute approximate surface area is 203 Å². The smallest absolute Gasteiger partial charge is 0.334 e. The molecule has 2 fully saturated rings. The van der Waals surface area contributed by atoms with E-state index >= 15 is 0 Å². The van der Waals surface area contributed by atoms with Gasteiger partial charge >= 0.3 is 11.9 Å². The summed E-state index contributed by atoms with van der Waals surface area (Å²) < 4.78 is 21.2. The number of hydrogen-bond donors (Lipinski definition) is 0. The van der Waals surface area contributed by atoms with Crippen molar-refractivity contribution >= 4 is 24.5 Å². The van der Waals surface area contributed by atoms with Gasteiger partial charge in [-0.15, -0.1) is 0 Å². The van der Waals surface area contributed by atoms with Crippen molar-refractivity contribution in [2.75, 3.05) is 26.4 Å². The maximum atomic E-state index is 11.8. The first-order valence-electron chi connectivity index (χ1n) is 12.6. The lowest BCUT2D eigenvalue weighted by Crippen LogP contribution is -2.34. The van der Waals surface area contributed by atoms with Crippen LogP contribution in [0.4, 0.5) is 0 Å². The number of esters is 2. The maximum absolute atomic E-state index is 11.8. The molecule has 0 radical (unpaired) electrons. The summed E-state index contributed by atoms with van der Waals surface area (Å²) in [6.45, 7) is 9.68. The van der Waals surface area contributed by atoms with Crippen molar-refractivity contribution in [1.82, 2.24) is 0 Å². The summed E-state index contributed by atoms with van der Waals surface area (Å²) in [7, 11) is 0. The van der Waals surface area contributed by atoms with Gasteiger partial charge in [0, 0.05) is 25.0 Å². The molecule has 8 heteroatoms. The van der Waals surface area contributed by atoms with Gasteiger partial charge in [-0.25, -0.2) is 4.79 Å². The molecule has 34 heavy (non-hydrogen) atoms. The van der Waals surface area contributed by atoms with Crippen LogP contribution >= 0.6 is 0 Å². The largest absolute Gasteiger partial charge is 0.466 e. The van der Waals surface area contributed by atoms with E-state index in [0.29, 0.717) is 32.0 Å². The van der Waals surface area contributed by atoms with E-state index in [1.54, 1.807) is 13.8 Å². The van der Waals surface area contributed by atoms with E-state index in [1.165, 1.54) is 0 Å². The highest BCUT2D eigenvalue weighted by molar-refractivity contribution is 5.92. The molecule has 0 N–H and O–H groups in total. The van der Waals surface area contributed by atoms with Gasteiger partial charge in [0.15, 0.2) is 0 Å². The van der Waals surface area contributed by atoms with Crippen LogP contribution in [-0.2, 0) is 38.1 Å². The summed E-state index contributed by atoms with van der Waals surface area (Å²) in [5.41, 5.74) is 1.55. The quantitative estimate of drug-likeness (QED) is 0.247. The Kier molecular flexibility index (Phi) is 15.3. The van der Waals surface area contributed by atoms with Crippen molar-refractivity contribution in [3.05, 3.63) is 11.1 Å². The van der Waals surface area contributed by atoms with Crippen LogP contribution < -0.4 is 0 Å². The fourth-order valence-corrected chi connectivity index (χ4v) is 4.39. The lowest BCUT2D eigenvalue weighted by molar-refractivity contribution is -0.153. The number of ether oxygens (including phenoxy) is 4. The Hall–Kier alpha value is -2.06. The number of rotatable bonds is 11. The molecule has 2 heterocycles. The second-order valence-corrected chi connectivity index (χ2v) is 8.47. The fourth-order valence-electron chi connectivity index (χ4n) is 4.39. The van der Waals surface area contributed by atoms with Crippen LogP contribution in [0.15, 0.2) is 11.1 Å². The summed E-state index contributed by atoms with van der Waals surface area (Å²) in [6, 6.07) is 0. The van der Waals surface area contributed by atoms with Gasteiger partial charge in [-0.3, -0.25) is 4.79 Å². The molecule has 2 aliphatic rings. The average molecular weight is 483 g/mol. The van der Waals surface area contributed by atoms with Gasteiger partial charge in [0.05, 0.1) is 37.9 Å². The summed E-state index contributed by atoms with van der Waals surface area (Å²) in [4.78, 5) is 44.9. The van der Waals surface area contributed by atoms with Crippen molar-refractivity contribution in [1.29, 1.82) is 0 Å². The summed E-state index contributed by atoms with van der Waals surface area (Å²) in [5, 5.41) is 0. The van der Waals surface area contributed by atoms with Crippen LogP contribution in [0.2, 0.25) is 0 Å². The van der Waals surface area contributed by atoms with Gasteiger partial charge in [-0.2, -0.15) is 0 Å². The third-order valence-electron chi connectivity index (χ3n) is 6.29. The Morgan fingerprint density at radius 3 is 2.24 bits per heavy atom. The van der Waals surface area contributed by atoms with Crippen molar-refractivity contribution in [3.8, 4) is 0 Å². The van der Waals surface area contributed by atoms with Gasteiger partial charge in [0.25, 0.3) is 0 Å². The third kappa shape index (κ3) is 10.1. The van der Waals surface area contributed by atoms with E-state index in [-0.39, 0.29) is 48.8 Å². The van der Waals surface area contributed by atoms with Gasteiger partial charge in [0.2, 0.25) is 0 Å². The molecule has 8 nitrogen and oxygen atoms in total. The molecular weight excluding hydrogens is 440 g/mol. The molecule has 2 rings (SSSR count). The van der Waals surface area contributed by atoms with Crippen molar-refractivity contribution in [2.24, 2.45) is 11.8 Å². The molecule has 194 valence electrons. The van der Waals surface area contributed by atoms with Crippen LogP contribution in [-0.4, -0.2) is 63.1 Å². The first kappa shape index (κ1) is 30.0. The van der Waals surface area contributed by atoms with E-state index in [1.807, 2.05) is 0 Å². The van der Waals surface area contributed by atoms with Crippen LogP contribution in [0, 0.1) is 11.8 Å². The van der Waals surface area contributed by atoms with Crippen LogP contribution in [0.5, 0.6) is 0 Å². The number of carbonyl (C=O) groups excluding carboxylic acids is 4. The zero-order valence-corrected chi connectivity index (χ0v) is 21.2. The lowest BCUT2D eigenvalue weighted by atomic mass is 9.81. The molecule has 0 amide bonds. The zero-order valence-electron chi connectivity index (χ0n) is 21.2. The minimum atomic E-state index is -0.355. The number of carbonyl (C=O) groups is 4. The Balaban J connectivity index is 0.000000340. The summed E-state index contributed by atoms with van der Waals surface area (Å²) in [6.07, 6.45) is 7.39. The van der Waals surface area contributed by atoms with E-state index in [2.05, 4.69) is 13.8 Å². The Bertz CT molecular complexity index is 672. The normalized spacial score (nSPS) is 24.6. The molecule has 2 saturated heterocycles. The first-order chi connectivity index (χ1) is 16.4. The molecule has 0 bridgehead atoms. The molecule has 0 aromatic rings. The molecule has 0 spiro atoms. The van der Waals surface area contributed by atoms with E-state index in [9.17, 15) is 19.2 Å². The maximum Gasteiger partial charge on any atom is 0.334 e. The van der Waals surface area contributed by atoms with Gasteiger partial charge < -0.3 is 28.5 Å². The van der Waals surface area contributed by atoms with Gasteiger partial charge in [0.1, 0.15) is 12.6 Å². The fraction of sp³-hybridized carbons (Fsp3) is 0.769. The van der Waals surface area contributed by atoms with E-state index in [4.69, 9.17) is 18.9 Å². The summed E-state index contributed by atoms with van der Waals surface area (Å²) >= 11 is 0. The summed E-state index contributed by atoms with van der Waals surface area (Å²) in [5.74, 6) is -0.656. The van der Waals surface area contributed by atoms with Crippen LogP contribution in [0.3, 0.4) is 0 Å². The highest BCUT2D eigenvalue weighted by atomic mass is 16.5. The van der Waals surface area contributed by atoms with Gasteiger partial charge in [-0.05, 0) is 58.3 Å². The Morgan fingerprint density at radius 1 is 0.971 bits per heavy atom. The van der Waals surface area contributed by atoms with Gasteiger partial charge in [-0.1, -0.05) is 19.4 Å². The monoisotopic (exact) mass is 482 g/mol. The lowest BCUT2D eigenvalue weighted by Gasteiger charge is -2.32. The van der Waals surface area contributed by atoms with Crippen LogP contribution in [0.1, 0.15) is 79.1 Å². The van der Waals surface area contributed by atoms with E-state index < -0.39 is 0 Å². The highest BCUT2D eigenvalue weighted by Crippen LogP contribution is 2.31. The van der Waals surface area contributed by atoms with Crippen LogP contribution in [0.25, 0.3) is 0 Å². The van der Waals surface area contributed by atoms with E-state index in [0.717, 1.165) is 56.7 Å². The Morgan fingerprint density at radius 2 is 1.65 bits per heavy atom. The molecule has 4 atom stereocenters. The predicted molar refractivity (Wildman–Crippen MR) is 127 cm³/mol. The molecular formula is C26H42O8. The third-order valence-corrected chi connectivity index (χ3v) is 6.29. The molecule has 0 aromatic heterocycles. The van der Waals surface area contributed by atoms with Crippen molar-refractivity contribution in [3.63, 3.8) is 0 Å². The number of aldehydes is 2.